The first-order chi connectivity index (χ1) is 6.41. The van der Waals surface area contributed by atoms with E-state index in [4.69, 9.17) is 5.11 Å². The van der Waals surface area contributed by atoms with Crippen LogP contribution in [0.5, 0.6) is 5.75 Å². The van der Waals surface area contributed by atoms with Gasteiger partial charge in [-0.15, -0.1) is 0 Å². The fraction of sp³-hybridized carbons (Fsp3) is 0.111. The second-order valence-corrected chi connectivity index (χ2v) is 2.55. The van der Waals surface area contributed by atoms with E-state index < -0.39 is 17.8 Å². The van der Waals surface area contributed by atoms with Gasteiger partial charge in [0.05, 0.1) is 0 Å². The van der Waals surface area contributed by atoms with Crippen LogP contribution in [0.25, 0.3) is 6.08 Å². The van der Waals surface area contributed by atoms with E-state index in [1.54, 1.807) is 0 Å². The third kappa shape index (κ3) is 2.48. The van der Waals surface area contributed by atoms with Crippen molar-refractivity contribution in [2.45, 2.75) is 6.18 Å². The molecule has 1 N–H and O–H groups in total. The molecule has 0 unspecified atom stereocenters. The van der Waals surface area contributed by atoms with Crippen molar-refractivity contribution < 1.29 is 22.7 Å². The smallest absolute Gasteiger partial charge is 0.442 e. The van der Waals surface area contributed by atoms with Gasteiger partial charge in [-0.2, -0.15) is 13.2 Å². The van der Waals surface area contributed by atoms with E-state index in [2.05, 4.69) is 0 Å². The van der Waals surface area contributed by atoms with Crippen molar-refractivity contribution in [1.82, 2.24) is 0 Å². The molecule has 5 heteroatoms. The third-order valence-electron chi connectivity index (χ3n) is 1.49. The number of phenolic OH excluding ortho intramolecular Hbond substituents is 1. The van der Waals surface area contributed by atoms with Crippen LogP contribution in [0.3, 0.4) is 0 Å². The highest BCUT2D eigenvalue weighted by Crippen LogP contribution is 2.30. The molecule has 76 valence electrons. The first-order valence-corrected chi connectivity index (χ1v) is 3.63. The minimum absolute atomic E-state index is 0.206. The van der Waals surface area contributed by atoms with E-state index in [1.165, 1.54) is 24.3 Å². The molecular formula is C9H6F4O. The predicted octanol–water partition coefficient (Wildman–Crippen LogP) is 3.26. The molecule has 0 spiro atoms. The maximum atomic E-state index is 12.4. The average molecular weight is 206 g/mol. The Hall–Kier alpha value is -1.52. The van der Waals surface area contributed by atoms with Crippen molar-refractivity contribution >= 4 is 6.08 Å². The van der Waals surface area contributed by atoms with Gasteiger partial charge in [-0.25, -0.2) is 4.39 Å². The second-order valence-electron chi connectivity index (χ2n) is 2.55. The summed E-state index contributed by atoms with van der Waals surface area (Å²) in [4.78, 5) is 0. The van der Waals surface area contributed by atoms with Gasteiger partial charge in [-0.3, -0.25) is 0 Å². The summed E-state index contributed by atoms with van der Waals surface area (Å²) in [5, 5.41) is 9.05. The van der Waals surface area contributed by atoms with Crippen LogP contribution in [-0.2, 0) is 0 Å². The van der Waals surface area contributed by atoms with Gasteiger partial charge in [0.2, 0.25) is 5.83 Å². The number of halogens is 4. The predicted molar refractivity (Wildman–Crippen MR) is 43.2 cm³/mol. The van der Waals surface area contributed by atoms with Crippen molar-refractivity contribution in [3.05, 3.63) is 35.7 Å². The lowest BCUT2D eigenvalue weighted by atomic mass is 10.2. The molecule has 0 aromatic heterocycles. The molecule has 0 atom stereocenters. The Morgan fingerprint density at radius 3 is 2.29 bits per heavy atom. The Kier molecular flexibility index (Phi) is 2.78. The standard InChI is InChI=1S/C9H6F4O/c10-8(9(11,12)13)5-6-3-1-2-4-7(6)14/h1-5,14H/b8-5-. The lowest BCUT2D eigenvalue weighted by Crippen LogP contribution is -2.07. The molecule has 1 aromatic carbocycles. The highest BCUT2D eigenvalue weighted by atomic mass is 19.4. The molecule has 1 rings (SSSR count). The zero-order chi connectivity index (χ0) is 10.8. The maximum absolute atomic E-state index is 12.4. The molecule has 0 amide bonds. The third-order valence-corrected chi connectivity index (χ3v) is 1.49. The number of aromatic hydroxyl groups is 1. The van der Waals surface area contributed by atoms with Gasteiger partial charge in [-0.05, 0) is 12.1 Å². The summed E-state index contributed by atoms with van der Waals surface area (Å²) in [7, 11) is 0. The first kappa shape index (κ1) is 10.6. The number of hydrogen-bond acceptors (Lipinski definition) is 1. The molecule has 1 nitrogen and oxygen atoms in total. The van der Waals surface area contributed by atoms with Crippen molar-refractivity contribution in [3.8, 4) is 5.75 Å². The molecule has 0 saturated heterocycles. The number of benzene rings is 1. The van der Waals surface area contributed by atoms with Crippen LogP contribution in [0.1, 0.15) is 5.56 Å². The Bertz CT molecular complexity index is 354. The van der Waals surface area contributed by atoms with Gasteiger partial charge in [0.15, 0.2) is 0 Å². The molecule has 0 radical (unpaired) electrons. The second kappa shape index (κ2) is 3.69. The summed E-state index contributed by atoms with van der Waals surface area (Å²) in [5.41, 5.74) is -0.206. The van der Waals surface area contributed by atoms with Crippen LogP contribution in [0.4, 0.5) is 17.6 Å². The summed E-state index contributed by atoms with van der Waals surface area (Å²) in [6, 6.07) is 5.18. The van der Waals surface area contributed by atoms with Crippen LogP contribution in [0.2, 0.25) is 0 Å². The van der Waals surface area contributed by atoms with Crippen molar-refractivity contribution in [1.29, 1.82) is 0 Å². The zero-order valence-corrected chi connectivity index (χ0v) is 6.85. The normalized spacial score (nSPS) is 13.0. The van der Waals surface area contributed by atoms with Crippen molar-refractivity contribution in [2.24, 2.45) is 0 Å². The lowest BCUT2D eigenvalue weighted by Gasteiger charge is -2.03. The number of hydrogen-bond donors (Lipinski definition) is 1. The lowest BCUT2D eigenvalue weighted by molar-refractivity contribution is -0.107. The van der Waals surface area contributed by atoms with Crippen LogP contribution in [0.15, 0.2) is 30.1 Å². The van der Waals surface area contributed by atoms with E-state index in [0.717, 1.165) is 0 Å². The molecule has 0 bridgehead atoms. The van der Waals surface area contributed by atoms with Gasteiger partial charge < -0.3 is 5.11 Å². The van der Waals surface area contributed by atoms with Crippen LogP contribution in [-0.4, -0.2) is 11.3 Å². The van der Waals surface area contributed by atoms with Crippen LogP contribution in [0, 0.1) is 0 Å². The van der Waals surface area contributed by atoms with Crippen molar-refractivity contribution in [2.75, 3.05) is 0 Å². The van der Waals surface area contributed by atoms with E-state index in [0.29, 0.717) is 0 Å². The monoisotopic (exact) mass is 206 g/mol. The zero-order valence-electron chi connectivity index (χ0n) is 6.85. The summed E-state index contributed by atoms with van der Waals surface area (Å²) >= 11 is 0. The minimum atomic E-state index is -5.01. The Balaban J connectivity index is 3.04. The van der Waals surface area contributed by atoms with Gasteiger partial charge in [0.25, 0.3) is 0 Å². The minimum Gasteiger partial charge on any atom is -0.507 e. The van der Waals surface area contributed by atoms with Gasteiger partial charge in [-0.1, -0.05) is 18.2 Å². The molecule has 0 aliphatic heterocycles. The Morgan fingerprint density at radius 1 is 1.21 bits per heavy atom. The molecule has 0 aliphatic rings. The van der Waals surface area contributed by atoms with Gasteiger partial charge in [0.1, 0.15) is 5.75 Å². The molecule has 0 aliphatic carbocycles. The number of alkyl halides is 3. The number of para-hydroxylation sites is 1. The van der Waals surface area contributed by atoms with E-state index in [-0.39, 0.29) is 11.6 Å². The van der Waals surface area contributed by atoms with E-state index in [1.807, 2.05) is 0 Å². The Labute approximate surface area is 77.3 Å². The molecular weight excluding hydrogens is 200 g/mol. The SMILES string of the molecule is Oc1ccccc1/C=C(\F)C(F)(F)F. The average Bonchev–Trinajstić information content (AvgIpc) is 2.07. The summed E-state index contributed by atoms with van der Waals surface area (Å²) in [5.74, 6) is -2.63. The van der Waals surface area contributed by atoms with E-state index >= 15 is 0 Å². The fourth-order valence-electron chi connectivity index (χ4n) is 0.828. The highest BCUT2D eigenvalue weighted by molar-refractivity contribution is 5.58. The van der Waals surface area contributed by atoms with Gasteiger partial charge in [0, 0.05) is 5.56 Å². The van der Waals surface area contributed by atoms with Gasteiger partial charge >= 0.3 is 6.18 Å². The number of rotatable bonds is 1. The largest absolute Gasteiger partial charge is 0.507 e. The summed E-state index contributed by atoms with van der Waals surface area (Å²) in [6.07, 6.45) is -4.77. The summed E-state index contributed by atoms with van der Waals surface area (Å²) in [6.45, 7) is 0. The van der Waals surface area contributed by atoms with E-state index in [9.17, 15) is 17.6 Å². The molecule has 0 heterocycles. The molecule has 14 heavy (non-hydrogen) atoms. The maximum Gasteiger partial charge on any atom is 0.442 e. The molecule has 0 fully saturated rings. The topological polar surface area (TPSA) is 20.2 Å². The molecule has 0 saturated carbocycles. The number of allylic oxidation sites excluding steroid dienone is 1. The summed E-state index contributed by atoms with van der Waals surface area (Å²) < 4.78 is 47.6. The fourth-order valence-corrected chi connectivity index (χ4v) is 0.828. The highest BCUT2D eigenvalue weighted by Gasteiger charge is 2.34. The number of phenols is 1. The van der Waals surface area contributed by atoms with Crippen LogP contribution < -0.4 is 0 Å². The van der Waals surface area contributed by atoms with Crippen LogP contribution >= 0.6 is 0 Å². The Morgan fingerprint density at radius 2 is 1.79 bits per heavy atom. The van der Waals surface area contributed by atoms with Crippen molar-refractivity contribution in [3.63, 3.8) is 0 Å². The first-order valence-electron chi connectivity index (χ1n) is 3.63. The quantitative estimate of drug-likeness (QED) is 0.699. The molecule has 1 aromatic rings.